The van der Waals surface area contributed by atoms with Crippen LogP contribution in [0.25, 0.3) is 0 Å². The van der Waals surface area contributed by atoms with Crippen LogP contribution in [0.3, 0.4) is 0 Å². The lowest BCUT2D eigenvalue weighted by Crippen LogP contribution is -2.33. The fourth-order valence-electron chi connectivity index (χ4n) is 2.09. The highest BCUT2D eigenvalue weighted by atomic mass is 35.5. The summed E-state index contributed by atoms with van der Waals surface area (Å²) in [5.41, 5.74) is 1.21. The molecule has 0 aliphatic heterocycles. The van der Waals surface area contributed by atoms with Gasteiger partial charge in [-0.1, -0.05) is 23.7 Å². The van der Waals surface area contributed by atoms with Crippen molar-refractivity contribution in [2.45, 2.75) is 6.54 Å². The number of hydrogen-bond acceptors (Lipinski definition) is 5. The van der Waals surface area contributed by atoms with Crippen molar-refractivity contribution in [3.05, 3.63) is 64.7 Å². The normalized spacial score (nSPS) is 10.0. The predicted octanol–water partition coefficient (Wildman–Crippen LogP) is 1.94. The summed E-state index contributed by atoms with van der Waals surface area (Å²) < 4.78 is 9.83. The van der Waals surface area contributed by atoms with Crippen LogP contribution in [0, 0.1) is 0 Å². The second kappa shape index (κ2) is 10.2. The van der Waals surface area contributed by atoms with Crippen LogP contribution in [0.2, 0.25) is 5.02 Å². The SMILES string of the molecule is COc1ccc(C(=O)NCC(=O)OCC(=O)NCc2cccc(Cl)c2)cc1. The number of hydrogen-bond donors (Lipinski definition) is 2. The lowest BCUT2D eigenvalue weighted by Gasteiger charge is -2.08. The molecule has 0 spiro atoms. The van der Waals surface area contributed by atoms with E-state index in [1.165, 1.54) is 7.11 Å². The minimum atomic E-state index is -0.713. The first kappa shape index (κ1) is 20.3. The molecular formula is C19H19ClN2O5. The van der Waals surface area contributed by atoms with E-state index in [0.29, 0.717) is 16.3 Å². The van der Waals surface area contributed by atoms with Gasteiger partial charge in [0, 0.05) is 17.1 Å². The molecule has 2 aromatic rings. The summed E-state index contributed by atoms with van der Waals surface area (Å²) in [4.78, 5) is 35.3. The van der Waals surface area contributed by atoms with E-state index in [4.69, 9.17) is 21.1 Å². The van der Waals surface area contributed by atoms with Crippen LogP contribution in [0.15, 0.2) is 48.5 Å². The van der Waals surface area contributed by atoms with Gasteiger partial charge in [-0.05, 0) is 42.0 Å². The van der Waals surface area contributed by atoms with Gasteiger partial charge in [0.25, 0.3) is 11.8 Å². The number of esters is 1. The maximum Gasteiger partial charge on any atom is 0.325 e. The van der Waals surface area contributed by atoms with E-state index < -0.39 is 24.4 Å². The standard InChI is InChI=1S/C19H19ClN2O5/c1-26-16-7-5-14(6-8-16)19(25)22-11-18(24)27-12-17(23)21-10-13-3-2-4-15(20)9-13/h2-9H,10-12H2,1H3,(H,21,23)(H,22,25). The van der Waals surface area contributed by atoms with Crippen LogP contribution in [-0.4, -0.2) is 38.0 Å². The van der Waals surface area contributed by atoms with Crippen molar-refractivity contribution in [1.29, 1.82) is 0 Å². The Hall–Kier alpha value is -3.06. The molecule has 0 aliphatic rings. The number of ether oxygens (including phenoxy) is 2. The van der Waals surface area contributed by atoms with Crippen LogP contribution in [0.4, 0.5) is 0 Å². The third-order valence-electron chi connectivity index (χ3n) is 3.49. The second-order valence-corrected chi connectivity index (χ2v) is 5.91. The Morgan fingerprint density at radius 1 is 1.04 bits per heavy atom. The quantitative estimate of drug-likeness (QED) is 0.672. The number of amides is 2. The molecule has 27 heavy (non-hydrogen) atoms. The highest BCUT2D eigenvalue weighted by molar-refractivity contribution is 6.30. The Bertz CT molecular complexity index is 808. The van der Waals surface area contributed by atoms with E-state index >= 15 is 0 Å². The van der Waals surface area contributed by atoms with Crippen molar-refractivity contribution in [2.75, 3.05) is 20.3 Å². The number of benzene rings is 2. The van der Waals surface area contributed by atoms with Crippen molar-refractivity contribution < 1.29 is 23.9 Å². The molecule has 8 heteroatoms. The van der Waals surface area contributed by atoms with Crippen molar-refractivity contribution in [3.8, 4) is 5.75 Å². The van der Waals surface area contributed by atoms with Gasteiger partial charge in [-0.15, -0.1) is 0 Å². The maximum atomic E-state index is 11.9. The zero-order valence-corrected chi connectivity index (χ0v) is 15.4. The molecule has 2 N–H and O–H groups in total. The van der Waals surface area contributed by atoms with Crippen LogP contribution in [0.5, 0.6) is 5.75 Å². The number of nitrogens with one attached hydrogen (secondary N) is 2. The van der Waals surface area contributed by atoms with Gasteiger partial charge in [-0.25, -0.2) is 0 Å². The number of carbonyl (C=O) groups is 3. The molecule has 2 aromatic carbocycles. The number of rotatable bonds is 8. The molecule has 0 aliphatic carbocycles. The Morgan fingerprint density at radius 3 is 2.44 bits per heavy atom. The van der Waals surface area contributed by atoms with Gasteiger partial charge in [-0.3, -0.25) is 14.4 Å². The van der Waals surface area contributed by atoms with Crippen molar-refractivity contribution in [3.63, 3.8) is 0 Å². The van der Waals surface area contributed by atoms with Crippen molar-refractivity contribution in [2.24, 2.45) is 0 Å². The molecule has 0 aromatic heterocycles. The van der Waals surface area contributed by atoms with Gasteiger partial charge < -0.3 is 20.1 Å². The zero-order chi connectivity index (χ0) is 19.6. The van der Waals surface area contributed by atoms with E-state index in [0.717, 1.165) is 5.56 Å². The molecule has 0 bridgehead atoms. The fraction of sp³-hybridized carbons (Fsp3) is 0.211. The molecular weight excluding hydrogens is 372 g/mol. The molecule has 0 heterocycles. The van der Waals surface area contributed by atoms with Crippen LogP contribution in [0.1, 0.15) is 15.9 Å². The second-order valence-electron chi connectivity index (χ2n) is 5.48. The smallest absolute Gasteiger partial charge is 0.325 e. The van der Waals surface area contributed by atoms with Gasteiger partial charge in [0.15, 0.2) is 6.61 Å². The number of carbonyl (C=O) groups excluding carboxylic acids is 3. The van der Waals surface area contributed by atoms with Gasteiger partial charge in [0.05, 0.1) is 7.11 Å². The van der Waals surface area contributed by atoms with E-state index in [2.05, 4.69) is 10.6 Å². The lowest BCUT2D eigenvalue weighted by atomic mass is 10.2. The highest BCUT2D eigenvalue weighted by Crippen LogP contribution is 2.11. The summed E-state index contributed by atoms with van der Waals surface area (Å²) in [5, 5.41) is 5.60. The van der Waals surface area contributed by atoms with Crippen molar-refractivity contribution >= 4 is 29.4 Å². The van der Waals surface area contributed by atoms with E-state index in [1.807, 2.05) is 6.07 Å². The topological polar surface area (TPSA) is 93.7 Å². The summed E-state index contributed by atoms with van der Waals surface area (Å²) in [6.07, 6.45) is 0. The fourth-order valence-corrected chi connectivity index (χ4v) is 2.31. The van der Waals surface area contributed by atoms with Gasteiger partial charge in [0.1, 0.15) is 12.3 Å². The molecule has 0 fully saturated rings. The molecule has 0 saturated heterocycles. The minimum Gasteiger partial charge on any atom is -0.497 e. The summed E-state index contributed by atoms with van der Waals surface area (Å²) in [6.45, 7) is -0.505. The molecule has 0 saturated carbocycles. The Balaban J connectivity index is 1.67. The number of methoxy groups -OCH3 is 1. The Kier molecular flexibility index (Phi) is 7.63. The monoisotopic (exact) mass is 390 g/mol. The number of halogens is 1. The summed E-state index contributed by atoms with van der Waals surface area (Å²) in [5.74, 6) is -0.977. The molecule has 142 valence electrons. The van der Waals surface area contributed by atoms with E-state index in [9.17, 15) is 14.4 Å². The molecule has 0 unspecified atom stereocenters. The minimum absolute atomic E-state index is 0.269. The first-order valence-electron chi connectivity index (χ1n) is 8.07. The zero-order valence-electron chi connectivity index (χ0n) is 14.7. The lowest BCUT2D eigenvalue weighted by molar-refractivity contribution is -0.147. The maximum absolute atomic E-state index is 11.9. The third kappa shape index (κ3) is 6.99. The molecule has 0 atom stereocenters. The Labute approximate surface area is 161 Å². The van der Waals surface area contributed by atoms with Crippen LogP contribution < -0.4 is 15.4 Å². The molecule has 7 nitrogen and oxygen atoms in total. The third-order valence-corrected chi connectivity index (χ3v) is 3.72. The first-order chi connectivity index (χ1) is 13.0. The van der Waals surface area contributed by atoms with E-state index in [-0.39, 0.29) is 13.1 Å². The first-order valence-corrected chi connectivity index (χ1v) is 8.44. The average molecular weight is 391 g/mol. The average Bonchev–Trinajstić information content (AvgIpc) is 2.69. The Morgan fingerprint density at radius 2 is 1.78 bits per heavy atom. The van der Waals surface area contributed by atoms with Crippen LogP contribution in [-0.2, 0) is 20.9 Å². The van der Waals surface area contributed by atoms with Crippen molar-refractivity contribution in [1.82, 2.24) is 10.6 Å². The molecule has 2 rings (SSSR count). The molecule has 2 amide bonds. The summed E-state index contributed by atoms with van der Waals surface area (Å²) >= 11 is 5.86. The highest BCUT2D eigenvalue weighted by Gasteiger charge is 2.11. The van der Waals surface area contributed by atoms with Crippen LogP contribution >= 0.6 is 11.6 Å². The van der Waals surface area contributed by atoms with Gasteiger partial charge in [-0.2, -0.15) is 0 Å². The summed E-state index contributed by atoms with van der Waals surface area (Å²) in [6, 6.07) is 13.5. The summed E-state index contributed by atoms with van der Waals surface area (Å²) in [7, 11) is 1.52. The van der Waals surface area contributed by atoms with Gasteiger partial charge >= 0.3 is 5.97 Å². The van der Waals surface area contributed by atoms with Gasteiger partial charge in [0.2, 0.25) is 0 Å². The molecule has 0 radical (unpaired) electrons. The predicted molar refractivity (Wildman–Crippen MR) is 99.6 cm³/mol. The van der Waals surface area contributed by atoms with E-state index in [1.54, 1.807) is 42.5 Å². The largest absolute Gasteiger partial charge is 0.497 e.